The number of aryl methyl sites for hydroxylation is 2. The Morgan fingerprint density at radius 3 is 2.85 bits per heavy atom. The number of esters is 1. The van der Waals surface area contributed by atoms with Crippen molar-refractivity contribution in [2.45, 2.75) is 20.5 Å². The molecule has 0 aliphatic heterocycles. The van der Waals surface area contributed by atoms with Crippen LogP contribution >= 0.6 is 15.9 Å². The summed E-state index contributed by atoms with van der Waals surface area (Å²) in [7, 11) is 0. The van der Waals surface area contributed by atoms with Gasteiger partial charge in [0.2, 0.25) is 0 Å². The van der Waals surface area contributed by atoms with Crippen LogP contribution in [0, 0.1) is 13.8 Å². The van der Waals surface area contributed by atoms with Crippen LogP contribution in [0.1, 0.15) is 22.6 Å². The normalized spacial score (nSPS) is 10.9. The van der Waals surface area contributed by atoms with Crippen LogP contribution in [0.2, 0.25) is 0 Å². The standard InChI is InChI=1S/C15H14BrNO3/c1-10-3-4-12(14(16)7-10)5-6-15(18)19-9-13-8-11(2)20-17-13/h3-8H,9H2,1-2H3/b6-5+. The molecule has 2 aromatic rings. The SMILES string of the molecule is Cc1ccc(/C=C/C(=O)OCc2cc(C)on2)c(Br)c1. The van der Waals surface area contributed by atoms with Gasteiger partial charge < -0.3 is 9.26 Å². The molecule has 4 nitrogen and oxygen atoms in total. The molecule has 0 aliphatic carbocycles. The minimum atomic E-state index is -0.418. The van der Waals surface area contributed by atoms with Gasteiger partial charge in [0.1, 0.15) is 18.1 Å². The Hall–Kier alpha value is -1.88. The Labute approximate surface area is 125 Å². The van der Waals surface area contributed by atoms with E-state index in [1.54, 1.807) is 19.1 Å². The van der Waals surface area contributed by atoms with Gasteiger partial charge in [-0.3, -0.25) is 0 Å². The highest BCUT2D eigenvalue weighted by Crippen LogP contribution is 2.19. The van der Waals surface area contributed by atoms with Crippen molar-refractivity contribution in [3.05, 3.63) is 57.4 Å². The van der Waals surface area contributed by atoms with E-state index in [0.717, 1.165) is 15.6 Å². The van der Waals surface area contributed by atoms with E-state index in [9.17, 15) is 4.79 Å². The molecule has 104 valence electrons. The summed E-state index contributed by atoms with van der Waals surface area (Å²) in [5.41, 5.74) is 2.67. The smallest absolute Gasteiger partial charge is 0.331 e. The molecule has 1 heterocycles. The van der Waals surface area contributed by atoms with E-state index in [0.29, 0.717) is 11.5 Å². The molecule has 0 spiro atoms. The number of ether oxygens (including phenoxy) is 1. The minimum Gasteiger partial charge on any atom is -0.456 e. The Balaban J connectivity index is 1.92. The van der Waals surface area contributed by atoms with Gasteiger partial charge in [0, 0.05) is 16.6 Å². The second-order valence-corrected chi connectivity index (χ2v) is 5.25. The number of nitrogens with zero attached hydrogens (tertiary/aromatic N) is 1. The highest BCUT2D eigenvalue weighted by Gasteiger charge is 2.04. The molecule has 2 rings (SSSR count). The van der Waals surface area contributed by atoms with E-state index < -0.39 is 5.97 Å². The number of carbonyl (C=O) groups is 1. The minimum absolute atomic E-state index is 0.107. The van der Waals surface area contributed by atoms with E-state index in [-0.39, 0.29) is 6.61 Å². The van der Waals surface area contributed by atoms with Gasteiger partial charge in [0.15, 0.2) is 0 Å². The van der Waals surface area contributed by atoms with Gasteiger partial charge in [-0.25, -0.2) is 4.79 Å². The fourth-order valence-electron chi connectivity index (χ4n) is 1.60. The van der Waals surface area contributed by atoms with Crippen LogP contribution in [-0.2, 0) is 16.1 Å². The largest absolute Gasteiger partial charge is 0.456 e. The molecule has 1 aromatic heterocycles. The molecule has 0 bridgehead atoms. The highest BCUT2D eigenvalue weighted by atomic mass is 79.9. The lowest BCUT2D eigenvalue weighted by atomic mass is 10.1. The van der Waals surface area contributed by atoms with Crippen LogP contribution in [0.4, 0.5) is 0 Å². The second kappa shape index (κ2) is 6.52. The van der Waals surface area contributed by atoms with Crippen molar-refractivity contribution in [2.24, 2.45) is 0 Å². The molecule has 0 unspecified atom stereocenters. The molecule has 5 heteroatoms. The molecule has 0 saturated heterocycles. The summed E-state index contributed by atoms with van der Waals surface area (Å²) in [6.07, 6.45) is 3.10. The quantitative estimate of drug-likeness (QED) is 0.629. The van der Waals surface area contributed by atoms with E-state index in [2.05, 4.69) is 21.1 Å². The van der Waals surface area contributed by atoms with Crippen LogP contribution in [0.15, 0.2) is 39.3 Å². The molecule has 0 N–H and O–H groups in total. The van der Waals surface area contributed by atoms with Crippen molar-refractivity contribution in [2.75, 3.05) is 0 Å². The lowest BCUT2D eigenvalue weighted by Crippen LogP contribution is -2.00. The summed E-state index contributed by atoms with van der Waals surface area (Å²) >= 11 is 3.45. The molecule has 0 saturated carbocycles. The first-order valence-electron chi connectivity index (χ1n) is 6.08. The van der Waals surface area contributed by atoms with Crippen LogP contribution in [0.25, 0.3) is 6.08 Å². The van der Waals surface area contributed by atoms with Crippen molar-refractivity contribution >= 4 is 28.0 Å². The fraction of sp³-hybridized carbons (Fsp3) is 0.200. The molecular formula is C15H14BrNO3. The van der Waals surface area contributed by atoms with Crippen LogP contribution in [0.3, 0.4) is 0 Å². The summed E-state index contributed by atoms with van der Waals surface area (Å²) in [4.78, 5) is 11.6. The van der Waals surface area contributed by atoms with Gasteiger partial charge in [0.05, 0.1) is 0 Å². The molecule has 1 aromatic carbocycles. The van der Waals surface area contributed by atoms with Gasteiger partial charge in [-0.15, -0.1) is 0 Å². The van der Waals surface area contributed by atoms with Gasteiger partial charge >= 0.3 is 5.97 Å². The Morgan fingerprint density at radius 1 is 1.40 bits per heavy atom. The third-order valence-electron chi connectivity index (χ3n) is 2.59. The van der Waals surface area contributed by atoms with Gasteiger partial charge in [-0.2, -0.15) is 0 Å². The predicted octanol–water partition coefficient (Wildman–Crippen LogP) is 3.81. The zero-order valence-electron chi connectivity index (χ0n) is 11.2. The molecular weight excluding hydrogens is 322 g/mol. The van der Waals surface area contributed by atoms with E-state index in [1.807, 2.05) is 25.1 Å². The zero-order valence-corrected chi connectivity index (χ0v) is 12.8. The predicted molar refractivity (Wildman–Crippen MR) is 78.9 cm³/mol. The summed E-state index contributed by atoms with van der Waals surface area (Å²) in [5.74, 6) is 0.272. The number of hydrogen-bond acceptors (Lipinski definition) is 4. The average Bonchev–Trinajstić information content (AvgIpc) is 2.81. The number of aromatic nitrogens is 1. The zero-order chi connectivity index (χ0) is 14.5. The topological polar surface area (TPSA) is 52.3 Å². The Bertz CT molecular complexity index is 646. The highest BCUT2D eigenvalue weighted by molar-refractivity contribution is 9.10. The monoisotopic (exact) mass is 335 g/mol. The summed E-state index contributed by atoms with van der Waals surface area (Å²) in [6, 6.07) is 7.63. The van der Waals surface area contributed by atoms with E-state index in [4.69, 9.17) is 9.26 Å². The molecule has 0 aliphatic rings. The first-order chi connectivity index (χ1) is 9.54. The van der Waals surface area contributed by atoms with Crippen LogP contribution < -0.4 is 0 Å². The number of carbonyl (C=O) groups excluding carboxylic acids is 1. The number of halogens is 1. The van der Waals surface area contributed by atoms with Crippen molar-refractivity contribution in [3.8, 4) is 0 Å². The maximum absolute atomic E-state index is 11.6. The van der Waals surface area contributed by atoms with Gasteiger partial charge in [0.25, 0.3) is 0 Å². The first kappa shape index (κ1) is 14.5. The maximum atomic E-state index is 11.6. The van der Waals surface area contributed by atoms with E-state index in [1.165, 1.54) is 6.08 Å². The van der Waals surface area contributed by atoms with Crippen molar-refractivity contribution in [1.29, 1.82) is 0 Å². The molecule has 20 heavy (non-hydrogen) atoms. The molecule has 0 radical (unpaired) electrons. The summed E-state index contributed by atoms with van der Waals surface area (Å²) in [5, 5.41) is 3.75. The lowest BCUT2D eigenvalue weighted by Gasteiger charge is -2.00. The third kappa shape index (κ3) is 4.06. The van der Waals surface area contributed by atoms with Gasteiger partial charge in [-0.05, 0) is 37.1 Å². The molecule has 0 fully saturated rings. The third-order valence-corrected chi connectivity index (χ3v) is 3.28. The fourth-order valence-corrected chi connectivity index (χ4v) is 2.23. The van der Waals surface area contributed by atoms with Crippen LogP contribution in [0.5, 0.6) is 0 Å². The summed E-state index contributed by atoms with van der Waals surface area (Å²) in [6.45, 7) is 3.90. The Morgan fingerprint density at radius 2 is 2.20 bits per heavy atom. The first-order valence-corrected chi connectivity index (χ1v) is 6.87. The average molecular weight is 336 g/mol. The van der Waals surface area contributed by atoms with Crippen molar-refractivity contribution in [3.63, 3.8) is 0 Å². The van der Waals surface area contributed by atoms with Crippen molar-refractivity contribution < 1.29 is 14.1 Å². The number of hydrogen-bond donors (Lipinski definition) is 0. The number of rotatable bonds is 4. The van der Waals surface area contributed by atoms with Gasteiger partial charge in [-0.1, -0.05) is 33.2 Å². The van der Waals surface area contributed by atoms with Crippen molar-refractivity contribution in [1.82, 2.24) is 5.16 Å². The van der Waals surface area contributed by atoms with E-state index >= 15 is 0 Å². The summed E-state index contributed by atoms with van der Waals surface area (Å²) < 4.78 is 10.9. The second-order valence-electron chi connectivity index (χ2n) is 4.39. The lowest BCUT2D eigenvalue weighted by molar-refractivity contribution is -0.139. The van der Waals surface area contributed by atoms with Crippen LogP contribution in [-0.4, -0.2) is 11.1 Å². The molecule has 0 amide bonds. The maximum Gasteiger partial charge on any atom is 0.331 e. The Kier molecular flexibility index (Phi) is 4.74. The number of benzene rings is 1. The molecule has 0 atom stereocenters.